The maximum Gasteiger partial charge on any atom is 0.314 e. The van der Waals surface area contributed by atoms with Gasteiger partial charge in [-0.15, -0.1) is 0 Å². The summed E-state index contributed by atoms with van der Waals surface area (Å²) in [5.74, 6) is -1.35. The number of benzene rings is 1. The molecule has 18 heavy (non-hydrogen) atoms. The maximum atomic E-state index is 14.3. The molecule has 0 unspecified atom stereocenters. The molecular weight excluding hydrogens is 239 g/mol. The van der Waals surface area contributed by atoms with Crippen molar-refractivity contribution >= 4 is 5.97 Å². The molecule has 1 aromatic rings. The van der Waals surface area contributed by atoms with Crippen LogP contribution < -0.4 is 9.47 Å². The fourth-order valence-corrected chi connectivity index (χ4v) is 2.25. The molecule has 0 atom stereocenters. The Kier molecular flexibility index (Phi) is 2.92. The lowest BCUT2D eigenvalue weighted by molar-refractivity contribution is -0.140. The Bertz CT molecular complexity index is 506. The van der Waals surface area contributed by atoms with Crippen LogP contribution in [0.5, 0.6) is 11.5 Å². The van der Waals surface area contributed by atoms with Crippen molar-refractivity contribution in [3.05, 3.63) is 23.0 Å². The number of aliphatic carboxylic acids is 1. The molecule has 1 aromatic carbocycles. The van der Waals surface area contributed by atoms with Crippen LogP contribution in [-0.4, -0.2) is 25.3 Å². The second kappa shape index (κ2) is 4.15. The van der Waals surface area contributed by atoms with Gasteiger partial charge in [0.2, 0.25) is 0 Å². The number of aryl methyl sites for hydroxylation is 1. The van der Waals surface area contributed by atoms with Crippen LogP contribution in [0, 0.1) is 12.7 Å². The number of hydrogen-bond acceptors (Lipinski definition) is 3. The van der Waals surface area contributed by atoms with Crippen LogP contribution in [0.25, 0.3) is 0 Å². The van der Waals surface area contributed by atoms with Gasteiger partial charge >= 0.3 is 5.97 Å². The van der Waals surface area contributed by atoms with E-state index in [-0.39, 0.29) is 11.3 Å². The van der Waals surface area contributed by atoms with Crippen LogP contribution in [0.2, 0.25) is 0 Å². The summed E-state index contributed by atoms with van der Waals surface area (Å²) in [5, 5.41) is 9.22. The summed E-state index contributed by atoms with van der Waals surface area (Å²) in [6, 6.07) is 1.54. The smallest absolute Gasteiger partial charge is 0.314 e. The number of rotatable bonds is 4. The van der Waals surface area contributed by atoms with E-state index in [1.54, 1.807) is 6.92 Å². The van der Waals surface area contributed by atoms with Crippen molar-refractivity contribution in [2.24, 2.45) is 0 Å². The van der Waals surface area contributed by atoms with Crippen molar-refractivity contribution < 1.29 is 23.8 Å². The average Bonchev–Trinajstić information content (AvgIpc) is 3.12. The van der Waals surface area contributed by atoms with Gasteiger partial charge in [0.1, 0.15) is 0 Å². The van der Waals surface area contributed by atoms with Crippen molar-refractivity contribution in [2.75, 3.05) is 14.2 Å². The summed E-state index contributed by atoms with van der Waals surface area (Å²) in [6.07, 6.45) is 0.905. The summed E-state index contributed by atoms with van der Waals surface area (Å²) >= 11 is 0. The molecule has 1 saturated carbocycles. The summed E-state index contributed by atoms with van der Waals surface area (Å²) in [4.78, 5) is 11.3. The third-order valence-corrected chi connectivity index (χ3v) is 3.44. The van der Waals surface area contributed by atoms with Gasteiger partial charge in [0.05, 0.1) is 19.6 Å². The minimum Gasteiger partial charge on any atom is -0.492 e. The Labute approximate surface area is 104 Å². The van der Waals surface area contributed by atoms with Crippen LogP contribution >= 0.6 is 0 Å². The number of ether oxygens (including phenoxy) is 2. The monoisotopic (exact) mass is 254 g/mol. The molecule has 0 aromatic heterocycles. The number of carboxylic acids is 1. The second-order valence-corrected chi connectivity index (χ2v) is 4.51. The Balaban J connectivity index is 2.64. The topological polar surface area (TPSA) is 55.8 Å². The highest BCUT2D eigenvalue weighted by Gasteiger charge is 2.54. The normalized spacial score (nSPS) is 16.2. The van der Waals surface area contributed by atoms with Crippen molar-refractivity contribution in [3.63, 3.8) is 0 Å². The van der Waals surface area contributed by atoms with Gasteiger partial charge in [-0.3, -0.25) is 4.79 Å². The highest BCUT2D eigenvalue weighted by Crippen LogP contribution is 2.52. The van der Waals surface area contributed by atoms with Crippen molar-refractivity contribution in [1.29, 1.82) is 0 Å². The fraction of sp³-hybridized carbons (Fsp3) is 0.462. The van der Waals surface area contributed by atoms with Crippen molar-refractivity contribution in [2.45, 2.75) is 25.2 Å². The first-order valence-electron chi connectivity index (χ1n) is 5.63. The van der Waals surface area contributed by atoms with Gasteiger partial charge in [0, 0.05) is 5.56 Å². The number of hydrogen-bond donors (Lipinski definition) is 1. The maximum absolute atomic E-state index is 14.3. The SMILES string of the molecule is COc1c(C)cc(C2(C(=O)O)CC2)c(F)c1OC. The van der Waals surface area contributed by atoms with Crippen molar-refractivity contribution in [3.8, 4) is 11.5 Å². The summed E-state index contributed by atoms with van der Waals surface area (Å²) in [5.41, 5.74) is -0.239. The summed E-state index contributed by atoms with van der Waals surface area (Å²) < 4.78 is 24.4. The van der Waals surface area contributed by atoms with E-state index in [0.29, 0.717) is 24.2 Å². The molecule has 0 bridgehead atoms. The molecule has 1 fully saturated rings. The van der Waals surface area contributed by atoms with E-state index < -0.39 is 17.2 Å². The number of carboxylic acid groups (broad SMARTS) is 1. The van der Waals surface area contributed by atoms with E-state index in [0.717, 1.165) is 0 Å². The highest BCUT2D eigenvalue weighted by molar-refractivity contribution is 5.85. The zero-order valence-corrected chi connectivity index (χ0v) is 10.5. The molecule has 2 rings (SSSR count). The molecule has 4 nitrogen and oxygen atoms in total. The number of halogens is 1. The zero-order chi connectivity index (χ0) is 13.5. The van der Waals surface area contributed by atoms with Gasteiger partial charge in [-0.05, 0) is 31.4 Å². The molecule has 1 N–H and O–H groups in total. The number of methoxy groups -OCH3 is 2. The quantitative estimate of drug-likeness (QED) is 0.895. The lowest BCUT2D eigenvalue weighted by Crippen LogP contribution is -2.21. The van der Waals surface area contributed by atoms with Crippen LogP contribution in [0.1, 0.15) is 24.0 Å². The van der Waals surface area contributed by atoms with Gasteiger partial charge in [0.25, 0.3) is 0 Å². The van der Waals surface area contributed by atoms with Crippen LogP contribution in [-0.2, 0) is 10.2 Å². The van der Waals surface area contributed by atoms with Crippen LogP contribution in [0.15, 0.2) is 6.07 Å². The molecule has 98 valence electrons. The third-order valence-electron chi connectivity index (χ3n) is 3.44. The minimum atomic E-state index is -1.09. The summed E-state index contributed by atoms with van der Waals surface area (Å²) in [6.45, 7) is 1.74. The predicted octanol–water partition coefficient (Wildman–Crippen LogP) is 2.27. The Morgan fingerprint density at radius 1 is 1.33 bits per heavy atom. The van der Waals surface area contributed by atoms with Crippen molar-refractivity contribution in [1.82, 2.24) is 0 Å². The van der Waals surface area contributed by atoms with Gasteiger partial charge in [-0.1, -0.05) is 0 Å². The predicted molar refractivity (Wildman–Crippen MR) is 62.8 cm³/mol. The molecule has 0 heterocycles. The minimum absolute atomic E-state index is 0.0278. The molecule has 0 radical (unpaired) electrons. The Morgan fingerprint density at radius 2 is 1.89 bits per heavy atom. The highest BCUT2D eigenvalue weighted by atomic mass is 19.1. The van der Waals surface area contributed by atoms with Gasteiger partial charge in [0.15, 0.2) is 17.3 Å². The molecule has 0 spiro atoms. The molecule has 0 saturated heterocycles. The lowest BCUT2D eigenvalue weighted by Gasteiger charge is -2.18. The molecular formula is C13H15FO4. The van der Waals surface area contributed by atoms with Crippen LogP contribution in [0.4, 0.5) is 4.39 Å². The first kappa shape index (κ1) is 12.7. The lowest BCUT2D eigenvalue weighted by atomic mass is 9.93. The van der Waals surface area contributed by atoms with Gasteiger partial charge < -0.3 is 14.6 Å². The molecule has 5 heteroatoms. The molecule has 1 aliphatic carbocycles. The van der Waals surface area contributed by atoms with E-state index >= 15 is 0 Å². The molecule has 0 amide bonds. The molecule has 0 aliphatic heterocycles. The number of carbonyl (C=O) groups is 1. The summed E-state index contributed by atoms with van der Waals surface area (Å²) in [7, 11) is 2.76. The van der Waals surface area contributed by atoms with E-state index in [1.807, 2.05) is 0 Å². The van der Waals surface area contributed by atoms with Crippen LogP contribution in [0.3, 0.4) is 0 Å². The third kappa shape index (κ3) is 1.62. The molecule has 1 aliphatic rings. The second-order valence-electron chi connectivity index (χ2n) is 4.51. The van der Waals surface area contributed by atoms with E-state index in [2.05, 4.69) is 0 Å². The van der Waals surface area contributed by atoms with Gasteiger partial charge in [-0.2, -0.15) is 0 Å². The zero-order valence-electron chi connectivity index (χ0n) is 10.5. The largest absolute Gasteiger partial charge is 0.492 e. The van der Waals surface area contributed by atoms with E-state index in [9.17, 15) is 14.3 Å². The standard InChI is InChI=1S/C13H15FO4/c1-7-6-8(13(4-5-13)12(15)16)9(14)11(18-3)10(7)17-2/h6H,4-5H2,1-3H3,(H,15,16). The average molecular weight is 254 g/mol. The van der Waals surface area contributed by atoms with Gasteiger partial charge in [-0.25, -0.2) is 4.39 Å². The first-order valence-corrected chi connectivity index (χ1v) is 5.63. The Hall–Kier alpha value is -1.78. The fourth-order valence-electron chi connectivity index (χ4n) is 2.25. The first-order chi connectivity index (χ1) is 8.47. The van der Waals surface area contributed by atoms with E-state index in [1.165, 1.54) is 20.3 Å². The van der Waals surface area contributed by atoms with E-state index in [4.69, 9.17) is 9.47 Å². The Morgan fingerprint density at radius 3 is 2.28 bits per heavy atom.